The summed E-state index contributed by atoms with van der Waals surface area (Å²) in [5.74, 6) is 0. The average molecular weight is 427 g/mol. The number of hydrogen-bond acceptors (Lipinski definition) is 3. The molecule has 0 saturated carbocycles. The zero-order valence-electron chi connectivity index (χ0n) is 19.7. The van der Waals surface area contributed by atoms with Crippen LogP contribution in [-0.2, 0) is 13.3 Å². The minimum Gasteiger partial charge on any atom is -0.411 e. The van der Waals surface area contributed by atoms with E-state index in [1.54, 1.807) is 0 Å². The maximum absolute atomic E-state index is 6.44. The van der Waals surface area contributed by atoms with Crippen molar-refractivity contribution in [2.75, 3.05) is 0 Å². The van der Waals surface area contributed by atoms with Crippen LogP contribution in [0.3, 0.4) is 0 Å². The van der Waals surface area contributed by atoms with Gasteiger partial charge in [0.2, 0.25) is 0 Å². The van der Waals surface area contributed by atoms with Crippen LogP contribution in [0.25, 0.3) is 0 Å². The highest BCUT2D eigenvalue weighted by atomic mass is 28.4. The molecule has 0 aliphatic carbocycles. The first-order valence-electron chi connectivity index (χ1n) is 10.2. The molecule has 0 aliphatic heterocycles. The van der Waals surface area contributed by atoms with Crippen molar-refractivity contribution >= 4 is 25.0 Å². The van der Waals surface area contributed by atoms with E-state index in [1.807, 2.05) is 0 Å². The van der Waals surface area contributed by atoms with Gasteiger partial charge in [-0.3, -0.25) is 0 Å². The lowest BCUT2D eigenvalue weighted by Gasteiger charge is -2.31. The maximum atomic E-state index is 6.44. The molecule has 6 heteroatoms. The van der Waals surface area contributed by atoms with Gasteiger partial charge in [0.25, 0.3) is 0 Å². The summed E-state index contributed by atoms with van der Waals surface area (Å²) >= 11 is 0. The van der Waals surface area contributed by atoms with E-state index in [0.29, 0.717) is 0 Å². The summed E-state index contributed by atoms with van der Waals surface area (Å²) < 4.78 is 19.2. The lowest BCUT2D eigenvalue weighted by molar-refractivity contribution is 0.193. The zero-order chi connectivity index (χ0) is 21.2. The fourth-order valence-electron chi connectivity index (χ4n) is 3.35. The van der Waals surface area contributed by atoms with Gasteiger partial charge in [-0.05, 0) is 96.4 Å². The summed E-state index contributed by atoms with van der Waals surface area (Å²) in [6, 6.07) is 6.72. The molecule has 3 atom stereocenters. The second-order valence-corrected chi connectivity index (χ2v) is 23.9. The van der Waals surface area contributed by atoms with E-state index in [9.17, 15) is 0 Å². The number of hydrogen-bond donors (Lipinski definition) is 0. The summed E-state index contributed by atoms with van der Waals surface area (Å²) in [5, 5.41) is 0. The summed E-state index contributed by atoms with van der Waals surface area (Å²) in [6.07, 6.45) is 0.219. The van der Waals surface area contributed by atoms with Crippen molar-refractivity contribution in [1.82, 2.24) is 0 Å². The van der Waals surface area contributed by atoms with Crippen molar-refractivity contribution in [3.63, 3.8) is 0 Å². The average Bonchev–Trinajstić information content (AvgIpc) is 2.41. The van der Waals surface area contributed by atoms with Crippen LogP contribution in [0.1, 0.15) is 55.8 Å². The van der Waals surface area contributed by atoms with Crippen molar-refractivity contribution in [1.29, 1.82) is 0 Å². The molecule has 0 aromatic heterocycles. The number of rotatable bonds is 9. The van der Waals surface area contributed by atoms with Gasteiger partial charge in [0.05, 0.1) is 18.3 Å². The molecule has 0 spiro atoms. The Morgan fingerprint density at radius 2 is 0.926 bits per heavy atom. The van der Waals surface area contributed by atoms with Gasteiger partial charge in [-0.15, -0.1) is 0 Å². The quantitative estimate of drug-likeness (QED) is 0.384. The normalized spacial score (nSPS) is 16.9. The Bertz CT molecular complexity index is 613. The first-order valence-corrected chi connectivity index (χ1v) is 20.4. The molecule has 0 radical (unpaired) electrons. The highest BCUT2D eigenvalue weighted by Gasteiger charge is 2.27. The second kappa shape index (κ2) is 9.05. The molecule has 156 valence electrons. The first-order chi connectivity index (χ1) is 12.0. The minimum absolute atomic E-state index is 0.0541. The monoisotopic (exact) mass is 426 g/mol. The van der Waals surface area contributed by atoms with Crippen molar-refractivity contribution in [2.45, 2.75) is 98.0 Å². The molecule has 27 heavy (non-hydrogen) atoms. The Kier molecular flexibility index (Phi) is 8.31. The first kappa shape index (κ1) is 24.8. The fourth-order valence-corrected chi connectivity index (χ4v) is 6.93. The molecule has 0 aliphatic rings. The molecular formula is C21H42O3Si3. The molecular weight excluding hydrogens is 384 g/mol. The third-order valence-electron chi connectivity index (χ3n) is 4.05. The Morgan fingerprint density at radius 3 is 1.33 bits per heavy atom. The summed E-state index contributed by atoms with van der Waals surface area (Å²) in [4.78, 5) is 0. The van der Waals surface area contributed by atoms with Gasteiger partial charge in [-0.2, -0.15) is 0 Å². The molecule has 3 unspecified atom stereocenters. The molecule has 0 amide bonds. The van der Waals surface area contributed by atoms with Gasteiger partial charge in [-0.1, -0.05) is 18.2 Å². The van der Waals surface area contributed by atoms with Crippen LogP contribution in [0.2, 0.25) is 58.9 Å². The predicted octanol–water partition coefficient (Wildman–Crippen LogP) is 7.42. The largest absolute Gasteiger partial charge is 0.411 e. The standard InChI is InChI=1S/C21H42O3Si3/c1-16(22-25(4,5)6)19-13-14-20(17(2)23-26(7,8)9)21(15-19)18(3)24-27(10,11)12/h13-18H,1-12H3. The SMILES string of the molecule is CC(O[Si](C)(C)C)c1ccc(C(C)O[Si](C)(C)C)c(C(C)O[Si](C)(C)C)c1. The van der Waals surface area contributed by atoms with Crippen LogP contribution < -0.4 is 0 Å². The van der Waals surface area contributed by atoms with Gasteiger partial charge in [0.1, 0.15) is 0 Å². The van der Waals surface area contributed by atoms with Crippen molar-refractivity contribution < 1.29 is 13.3 Å². The minimum atomic E-state index is -1.65. The van der Waals surface area contributed by atoms with Crippen LogP contribution in [0.4, 0.5) is 0 Å². The maximum Gasteiger partial charge on any atom is 0.184 e. The topological polar surface area (TPSA) is 27.7 Å². The van der Waals surface area contributed by atoms with Gasteiger partial charge in [0.15, 0.2) is 25.0 Å². The molecule has 0 saturated heterocycles. The Balaban J connectivity index is 3.30. The molecule has 1 rings (SSSR count). The smallest absolute Gasteiger partial charge is 0.184 e. The molecule has 1 aromatic carbocycles. The van der Waals surface area contributed by atoms with Crippen molar-refractivity contribution in [3.05, 3.63) is 34.9 Å². The number of benzene rings is 1. The van der Waals surface area contributed by atoms with E-state index in [0.717, 1.165) is 0 Å². The lowest BCUT2D eigenvalue weighted by atomic mass is 9.95. The molecule has 3 nitrogen and oxygen atoms in total. The Morgan fingerprint density at radius 1 is 0.556 bits per heavy atom. The molecule has 0 N–H and O–H groups in total. The van der Waals surface area contributed by atoms with Crippen molar-refractivity contribution in [3.8, 4) is 0 Å². The summed E-state index contributed by atoms with van der Waals surface area (Å²) in [5.41, 5.74) is 3.71. The van der Waals surface area contributed by atoms with E-state index in [2.05, 4.69) is 97.9 Å². The third kappa shape index (κ3) is 9.19. The summed E-state index contributed by atoms with van der Waals surface area (Å²) in [7, 11) is -4.87. The highest BCUT2D eigenvalue weighted by molar-refractivity contribution is 6.70. The van der Waals surface area contributed by atoms with Crippen molar-refractivity contribution in [2.24, 2.45) is 0 Å². The van der Waals surface area contributed by atoms with E-state index in [1.165, 1.54) is 16.7 Å². The fraction of sp³-hybridized carbons (Fsp3) is 0.714. The van der Waals surface area contributed by atoms with Crippen LogP contribution in [0.5, 0.6) is 0 Å². The van der Waals surface area contributed by atoms with Gasteiger partial charge in [-0.25, -0.2) is 0 Å². The molecule has 0 bridgehead atoms. The van der Waals surface area contributed by atoms with Gasteiger partial charge < -0.3 is 13.3 Å². The van der Waals surface area contributed by atoms with Gasteiger partial charge >= 0.3 is 0 Å². The van der Waals surface area contributed by atoms with E-state index < -0.39 is 25.0 Å². The predicted molar refractivity (Wildman–Crippen MR) is 125 cm³/mol. The van der Waals surface area contributed by atoms with Crippen LogP contribution >= 0.6 is 0 Å². The van der Waals surface area contributed by atoms with Crippen LogP contribution in [0.15, 0.2) is 18.2 Å². The van der Waals surface area contributed by atoms with E-state index >= 15 is 0 Å². The highest BCUT2D eigenvalue weighted by Crippen LogP contribution is 2.34. The Labute approximate surface area is 171 Å². The summed E-state index contributed by atoms with van der Waals surface area (Å²) in [6.45, 7) is 26.6. The lowest BCUT2D eigenvalue weighted by Crippen LogP contribution is -2.30. The van der Waals surface area contributed by atoms with Gasteiger partial charge in [0, 0.05) is 0 Å². The van der Waals surface area contributed by atoms with E-state index in [-0.39, 0.29) is 18.3 Å². The second-order valence-electron chi connectivity index (χ2n) is 10.5. The van der Waals surface area contributed by atoms with E-state index in [4.69, 9.17) is 13.3 Å². The molecule has 0 heterocycles. The van der Waals surface area contributed by atoms with Crippen LogP contribution in [-0.4, -0.2) is 25.0 Å². The zero-order valence-corrected chi connectivity index (χ0v) is 22.7. The Hall–Kier alpha value is -0.249. The molecule has 1 aromatic rings. The van der Waals surface area contributed by atoms with Crippen LogP contribution in [0, 0.1) is 0 Å². The third-order valence-corrected chi connectivity index (χ3v) is 7.23. The molecule has 0 fully saturated rings.